The van der Waals surface area contributed by atoms with Gasteiger partial charge in [-0.25, -0.2) is 4.79 Å². The third-order valence-corrected chi connectivity index (χ3v) is 9.18. The Bertz CT molecular complexity index is 823. The fourth-order valence-electron chi connectivity index (χ4n) is 5.99. The van der Waals surface area contributed by atoms with Crippen LogP contribution in [0.2, 0.25) is 0 Å². The molecule has 49 heavy (non-hydrogen) atoms. The molecule has 0 saturated carbocycles. The molecule has 0 bridgehead atoms. The molecule has 0 amide bonds. The van der Waals surface area contributed by atoms with Gasteiger partial charge < -0.3 is 23.8 Å². The lowest BCUT2D eigenvalue weighted by molar-refractivity contribution is -0.887. The maximum atomic E-state index is 12.5. The average molecular weight is 697 g/mol. The van der Waals surface area contributed by atoms with E-state index in [-0.39, 0.29) is 42.7 Å². The van der Waals surface area contributed by atoms with Crippen LogP contribution in [-0.2, 0) is 28.6 Å². The molecular formula is C41H78NO7+. The van der Waals surface area contributed by atoms with Gasteiger partial charge in [-0.3, -0.25) is 9.59 Å². The number of allylic oxidation sites excluding steroid dienone is 2. The Morgan fingerprint density at radius 3 is 1.55 bits per heavy atom. The molecule has 2 atom stereocenters. The van der Waals surface area contributed by atoms with Crippen molar-refractivity contribution < 1.29 is 38.2 Å². The van der Waals surface area contributed by atoms with Gasteiger partial charge >= 0.3 is 17.9 Å². The van der Waals surface area contributed by atoms with Gasteiger partial charge in [0.05, 0.1) is 34.4 Å². The zero-order valence-corrected chi connectivity index (χ0v) is 32.7. The highest BCUT2D eigenvalue weighted by Gasteiger charge is 2.31. The largest absolute Gasteiger partial charge is 0.477 e. The molecule has 0 fully saturated rings. The number of carboxylic acids is 1. The molecule has 0 aliphatic carbocycles. The number of unbranched alkanes of at least 4 members (excludes halogenated alkanes) is 20. The van der Waals surface area contributed by atoms with Gasteiger partial charge in [-0.05, 0) is 25.7 Å². The Hall–Kier alpha value is -1.93. The number of carboxylic acid groups (broad SMARTS) is 1. The summed E-state index contributed by atoms with van der Waals surface area (Å²) < 4.78 is 17.1. The van der Waals surface area contributed by atoms with E-state index in [0.29, 0.717) is 19.3 Å². The van der Waals surface area contributed by atoms with Crippen molar-refractivity contribution in [3.8, 4) is 0 Å². The number of quaternary nitrogens is 1. The molecule has 2 unspecified atom stereocenters. The second-order valence-electron chi connectivity index (χ2n) is 14.9. The van der Waals surface area contributed by atoms with Crippen molar-refractivity contribution in [3.05, 3.63) is 12.2 Å². The molecule has 8 heteroatoms. The van der Waals surface area contributed by atoms with E-state index < -0.39 is 18.1 Å². The van der Waals surface area contributed by atoms with Gasteiger partial charge in [0.25, 0.3) is 0 Å². The number of carbonyl (C=O) groups excluding carboxylic acids is 2. The first kappa shape index (κ1) is 47.1. The summed E-state index contributed by atoms with van der Waals surface area (Å²) in [7, 11) is 5.51. The summed E-state index contributed by atoms with van der Waals surface area (Å²) in [4.78, 5) is 36.7. The monoisotopic (exact) mass is 697 g/mol. The normalized spacial score (nSPS) is 13.1. The van der Waals surface area contributed by atoms with Gasteiger partial charge in [-0.15, -0.1) is 0 Å². The minimum absolute atomic E-state index is 0.0505. The van der Waals surface area contributed by atoms with Gasteiger partial charge in [0, 0.05) is 19.3 Å². The SMILES string of the molecule is CCCCCC/C=C/CCC(=O)OC(COCCC(C(=O)O)[N+](C)(C)C)COC(=O)CCCCCCCCCCCCCCCCCCC. The first-order valence-electron chi connectivity index (χ1n) is 20.2. The number of ether oxygens (including phenoxy) is 3. The van der Waals surface area contributed by atoms with E-state index in [1.54, 1.807) is 0 Å². The summed E-state index contributed by atoms with van der Waals surface area (Å²) in [5.41, 5.74) is 0. The van der Waals surface area contributed by atoms with Crippen molar-refractivity contribution in [3.63, 3.8) is 0 Å². The molecule has 0 aromatic carbocycles. The Morgan fingerprint density at radius 1 is 0.592 bits per heavy atom. The molecule has 0 aromatic heterocycles. The molecule has 0 heterocycles. The smallest absolute Gasteiger partial charge is 0.362 e. The molecular weight excluding hydrogens is 618 g/mol. The van der Waals surface area contributed by atoms with E-state index in [9.17, 15) is 19.5 Å². The lowest BCUT2D eigenvalue weighted by Gasteiger charge is -2.31. The quantitative estimate of drug-likeness (QED) is 0.0301. The van der Waals surface area contributed by atoms with Gasteiger partial charge in [0.1, 0.15) is 6.61 Å². The topological polar surface area (TPSA) is 99.1 Å². The highest BCUT2D eigenvalue weighted by Crippen LogP contribution is 2.15. The molecule has 0 saturated heterocycles. The van der Waals surface area contributed by atoms with Crippen LogP contribution in [0, 0.1) is 0 Å². The molecule has 288 valence electrons. The third kappa shape index (κ3) is 31.8. The lowest BCUT2D eigenvalue weighted by atomic mass is 10.0. The number of esters is 2. The van der Waals surface area contributed by atoms with Crippen molar-refractivity contribution in [1.82, 2.24) is 0 Å². The van der Waals surface area contributed by atoms with Crippen molar-refractivity contribution in [1.29, 1.82) is 0 Å². The van der Waals surface area contributed by atoms with Crippen molar-refractivity contribution in [2.24, 2.45) is 0 Å². The van der Waals surface area contributed by atoms with E-state index in [0.717, 1.165) is 32.1 Å². The number of hydrogen-bond acceptors (Lipinski definition) is 6. The molecule has 0 aliphatic rings. The molecule has 0 radical (unpaired) electrons. The van der Waals surface area contributed by atoms with Crippen LogP contribution >= 0.6 is 0 Å². The maximum absolute atomic E-state index is 12.5. The Labute approximate surface area is 301 Å². The molecule has 0 rings (SSSR count). The third-order valence-electron chi connectivity index (χ3n) is 9.18. The van der Waals surface area contributed by atoms with E-state index in [4.69, 9.17) is 14.2 Å². The Morgan fingerprint density at radius 2 is 1.06 bits per heavy atom. The van der Waals surface area contributed by atoms with Gasteiger partial charge in [0.2, 0.25) is 0 Å². The van der Waals surface area contributed by atoms with Crippen LogP contribution < -0.4 is 0 Å². The average Bonchev–Trinajstić information content (AvgIpc) is 3.05. The van der Waals surface area contributed by atoms with Gasteiger partial charge in [-0.1, -0.05) is 148 Å². The molecule has 1 N–H and O–H groups in total. The lowest BCUT2D eigenvalue weighted by Crippen LogP contribution is -2.50. The fourth-order valence-corrected chi connectivity index (χ4v) is 5.99. The van der Waals surface area contributed by atoms with Crippen molar-refractivity contribution in [2.75, 3.05) is 41.0 Å². The standard InChI is InChI=1S/C41H77NO7/c1-6-8-10-12-14-16-17-18-19-20-21-22-23-24-26-27-29-31-39(43)48-36-37(35-47-34-33-38(41(45)46)42(3,4)5)49-40(44)32-30-28-25-15-13-11-9-7-2/h25,28,37-38H,6-24,26-27,29-36H2,1-5H3/p+1/b28-25+. The van der Waals surface area contributed by atoms with Crippen LogP contribution in [0.3, 0.4) is 0 Å². The summed E-state index contributed by atoms with van der Waals surface area (Å²) in [5.74, 6) is -1.53. The number of likely N-dealkylation sites (N-methyl/N-ethyl adjacent to an activating group) is 1. The van der Waals surface area contributed by atoms with Crippen LogP contribution in [0.5, 0.6) is 0 Å². The second-order valence-corrected chi connectivity index (χ2v) is 14.9. The van der Waals surface area contributed by atoms with Crippen molar-refractivity contribution >= 4 is 17.9 Å². The van der Waals surface area contributed by atoms with Gasteiger partial charge in [-0.2, -0.15) is 0 Å². The highest BCUT2D eigenvalue weighted by molar-refractivity contribution is 5.72. The van der Waals surface area contributed by atoms with Crippen LogP contribution in [0.25, 0.3) is 0 Å². The van der Waals surface area contributed by atoms with Crippen LogP contribution in [0.4, 0.5) is 0 Å². The Balaban J connectivity index is 4.27. The second kappa shape index (κ2) is 33.2. The summed E-state index contributed by atoms with van der Waals surface area (Å²) in [5, 5.41) is 9.57. The van der Waals surface area contributed by atoms with E-state index in [1.165, 1.54) is 109 Å². The van der Waals surface area contributed by atoms with Crippen LogP contribution in [0.15, 0.2) is 12.2 Å². The van der Waals surface area contributed by atoms with Gasteiger partial charge in [0.15, 0.2) is 12.1 Å². The summed E-state index contributed by atoms with van der Waals surface area (Å²) in [6, 6.07) is -0.614. The summed E-state index contributed by atoms with van der Waals surface area (Å²) >= 11 is 0. The number of nitrogens with zero attached hydrogens (tertiary/aromatic N) is 1. The first-order valence-corrected chi connectivity index (χ1v) is 20.2. The minimum atomic E-state index is -0.879. The van der Waals surface area contributed by atoms with Crippen molar-refractivity contribution in [2.45, 2.75) is 193 Å². The molecule has 0 spiro atoms. The van der Waals surface area contributed by atoms with E-state index in [1.807, 2.05) is 27.2 Å². The zero-order valence-electron chi connectivity index (χ0n) is 32.7. The number of carbonyl (C=O) groups is 3. The predicted molar refractivity (Wildman–Crippen MR) is 202 cm³/mol. The van der Waals surface area contributed by atoms with E-state index >= 15 is 0 Å². The minimum Gasteiger partial charge on any atom is -0.477 e. The summed E-state index contributed by atoms with van der Waals surface area (Å²) in [6.45, 7) is 4.66. The van der Waals surface area contributed by atoms with Crippen LogP contribution in [-0.4, -0.2) is 80.6 Å². The number of aliphatic carboxylic acids is 1. The predicted octanol–water partition coefficient (Wildman–Crippen LogP) is 10.4. The molecule has 0 aliphatic heterocycles. The zero-order chi connectivity index (χ0) is 36.4. The molecule has 8 nitrogen and oxygen atoms in total. The number of rotatable bonds is 36. The van der Waals surface area contributed by atoms with Crippen LogP contribution in [0.1, 0.15) is 181 Å². The maximum Gasteiger partial charge on any atom is 0.362 e. The summed E-state index contributed by atoms with van der Waals surface area (Å²) in [6.07, 6.45) is 32.8. The number of hydrogen-bond donors (Lipinski definition) is 1. The highest BCUT2D eigenvalue weighted by atomic mass is 16.6. The molecule has 0 aromatic rings. The first-order chi connectivity index (χ1) is 23.6. The fraction of sp³-hybridized carbons (Fsp3) is 0.878. The van der Waals surface area contributed by atoms with E-state index in [2.05, 4.69) is 19.9 Å². The Kier molecular flexibility index (Phi) is 31.9.